The highest BCUT2D eigenvalue weighted by Gasteiger charge is 2.10. The van der Waals surface area contributed by atoms with Crippen LogP contribution in [0.3, 0.4) is 0 Å². The van der Waals surface area contributed by atoms with Crippen molar-refractivity contribution in [2.75, 3.05) is 7.11 Å². The normalized spacial score (nSPS) is 10.7. The number of hydrazone groups is 1. The van der Waals surface area contributed by atoms with E-state index >= 15 is 0 Å². The summed E-state index contributed by atoms with van der Waals surface area (Å²) in [7, 11) is 1.46. The van der Waals surface area contributed by atoms with Crippen LogP contribution in [0.15, 0.2) is 35.6 Å². The summed E-state index contributed by atoms with van der Waals surface area (Å²) < 4.78 is 5.66. The summed E-state index contributed by atoms with van der Waals surface area (Å²) in [6, 6.07) is 6.46. The van der Waals surface area contributed by atoms with Gasteiger partial charge in [-0.15, -0.1) is 0 Å². The van der Waals surface area contributed by atoms with E-state index in [4.69, 9.17) is 16.3 Å². The van der Waals surface area contributed by atoms with E-state index in [9.17, 15) is 9.90 Å². The second-order valence-electron chi connectivity index (χ2n) is 4.09. The van der Waals surface area contributed by atoms with Crippen LogP contribution in [0.4, 0.5) is 0 Å². The number of hydrogen-bond donors (Lipinski definition) is 2. The van der Waals surface area contributed by atoms with Gasteiger partial charge in [-0.3, -0.25) is 4.79 Å². The molecular formula is C14H11ClIN3O3. The highest BCUT2D eigenvalue weighted by molar-refractivity contribution is 14.1. The summed E-state index contributed by atoms with van der Waals surface area (Å²) in [5.74, 6) is -0.0730. The number of aromatic nitrogens is 1. The molecule has 8 heteroatoms. The quantitative estimate of drug-likeness (QED) is 0.337. The van der Waals surface area contributed by atoms with E-state index < -0.39 is 5.91 Å². The first-order chi connectivity index (χ1) is 10.5. The minimum Gasteiger partial charge on any atom is -0.504 e. The summed E-state index contributed by atoms with van der Waals surface area (Å²) in [6.45, 7) is 0. The number of methoxy groups -OCH3 is 1. The molecule has 1 aromatic heterocycles. The lowest BCUT2D eigenvalue weighted by molar-refractivity contribution is 0.0955. The Balaban J connectivity index is 2.12. The van der Waals surface area contributed by atoms with E-state index in [1.165, 1.54) is 19.5 Å². The number of hydrogen-bond acceptors (Lipinski definition) is 5. The number of ether oxygens (including phenoxy) is 1. The van der Waals surface area contributed by atoms with Crippen LogP contribution in [0, 0.1) is 3.57 Å². The number of pyridine rings is 1. The topological polar surface area (TPSA) is 83.8 Å². The summed E-state index contributed by atoms with van der Waals surface area (Å²) in [5, 5.41) is 13.7. The molecule has 0 atom stereocenters. The van der Waals surface area contributed by atoms with Crippen molar-refractivity contribution in [2.45, 2.75) is 0 Å². The van der Waals surface area contributed by atoms with E-state index in [-0.39, 0.29) is 16.5 Å². The van der Waals surface area contributed by atoms with Crippen LogP contribution >= 0.6 is 34.2 Å². The maximum absolute atomic E-state index is 11.9. The van der Waals surface area contributed by atoms with Gasteiger partial charge in [0.1, 0.15) is 5.15 Å². The SMILES string of the molecule is COc1cc(C=NNC(=O)c2cccnc2Cl)cc(I)c1O. The van der Waals surface area contributed by atoms with Crippen molar-refractivity contribution in [3.63, 3.8) is 0 Å². The van der Waals surface area contributed by atoms with Crippen LogP contribution in [0.1, 0.15) is 15.9 Å². The molecule has 0 radical (unpaired) electrons. The Hall–Kier alpha value is -1.87. The molecule has 2 aromatic rings. The van der Waals surface area contributed by atoms with E-state index in [1.54, 1.807) is 24.3 Å². The average molecular weight is 432 g/mol. The Bertz CT molecular complexity index is 737. The number of nitrogens with one attached hydrogen (secondary N) is 1. The molecule has 0 spiro atoms. The minimum absolute atomic E-state index is 0.0615. The first-order valence-corrected chi connectivity index (χ1v) is 7.49. The van der Waals surface area contributed by atoms with Gasteiger partial charge in [0, 0.05) is 6.20 Å². The molecule has 22 heavy (non-hydrogen) atoms. The van der Waals surface area contributed by atoms with Crippen LogP contribution in [0.5, 0.6) is 11.5 Å². The Kier molecular flexibility index (Phi) is 5.56. The average Bonchev–Trinajstić information content (AvgIpc) is 2.50. The predicted octanol–water partition coefficient (Wildman–Crippen LogP) is 2.82. The third kappa shape index (κ3) is 3.86. The number of halogens is 2. The maximum Gasteiger partial charge on any atom is 0.274 e. The second kappa shape index (κ2) is 7.41. The fourth-order valence-electron chi connectivity index (χ4n) is 1.60. The molecule has 0 saturated heterocycles. The van der Waals surface area contributed by atoms with Crippen LogP contribution in [0.2, 0.25) is 5.15 Å². The summed E-state index contributed by atoms with van der Waals surface area (Å²) in [4.78, 5) is 15.7. The second-order valence-corrected chi connectivity index (χ2v) is 5.61. The van der Waals surface area contributed by atoms with Crippen molar-refractivity contribution in [1.82, 2.24) is 10.4 Å². The van der Waals surface area contributed by atoms with Crippen molar-refractivity contribution in [2.24, 2.45) is 5.10 Å². The van der Waals surface area contributed by atoms with Gasteiger partial charge in [0.15, 0.2) is 11.5 Å². The van der Waals surface area contributed by atoms with Crippen molar-refractivity contribution < 1.29 is 14.6 Å². The van der Waals surface area contributed by atoms with E-state index in [1.807, 2.05) is 22.6 Å². The molecule has 0 unspecified atom stereocenters. The summed E-state index contributed by atoms with van der Waals surface area (Å²) in [5.41, 5.74) is 3.26. The van der Waals surface area contributed by atoms with Gasteiger partial charge < -0.3 is 9.84 Å². The summed E-state index contributed by atoms with van der Waals surface area (Å²) >= 11 is 7.80. The van der Waals surface area contributed by atoms with E-state index in [0.29, 0.717) is 14.9 Å². The minimum atomic E-state index is -0.463. The van der Waals surface area contributed by atoms with Crippen LogP contribution in [0.25, 0.3) is 0 Å². The number of rotatable bonds is 4. The fourth-order valence-corrected chi connectivity index (χ4v) is 2.44. The number of carbonyl (C=O) groups excluding carboxylic acids is 1. The van der Waals surface area contributed by atoms with E-state index in [0.717, 1.165) is 0 Å². The van der Waals surface area contributed by atoms with Gasteiger partial charge in [0.2, 0.25) is 0 Å². The molecule has 0 aliphatic heterocycles. The molecule has 1 heterocycles. The van der Waals surface area contributed by atoms with Crippen LogP contribution in [-0.4, -0.2) is 29.3 Å². The Morgan fingerprint density at radius 1 is 1.55 bits per heavy atom. The number of nitrogens with zero attached hydrogens (tertiary/aromatic N) is 2. The number of carbonyl (C=O) groups is 1. The van der Waals surface area contributed by atoms with Crippen molar-refractivity contribution in [1.29, 1.82) is 0 Å². The van der Waals surface area contributed by atoms with Gasteiger partial charge in [-0.2, -0.15) is 5.10 Å². The predicted molar refractivity (Wildman–Crippen MR) is 91.7 cm³/mol. The molecule has 114 valence electrons. The lowest BCUT2D eigenvalue weighted by atomic mass is 10.2. The van der Waals surface area contributed by atoms with Gasteiger partial charge in [0.25, 0.3) is 5.91 Å². The molecule has 0 fully saturated rings. The lowest BCUT2D eigenvalue weighted by Crippen LogP contribution is -2.18. The molecule has 0 saturated carbocycles. The van der Waals surface area contributed by atoms with Gasteiger partial charge in [-0.1, -0.05) is 11.6 Å². The molecule has 6 nitrogen and oxygen atoms in total. The number of phenols is 1. The maximum atomic E-state index is 11.9. The molecule has 2 N–H and O–H groups in total. The molecule has 0 aliphatic rings. The molecule has 1 aromatic carbocycles. The Morgan fingerprint density at radius 2 is 2.32 bits per heavy atom. The third-order valence-electron chi connectivity index (χ3n) is 2.65. The van der Waals surface area contributed by atoms with Crippen molar-refractivity contribution >= 4 is 46.3 Å². The smallest absolute Gasteiger partial charge is 0.274 e. The zero-order valence-corrected chi connectivity index (χ0v) is 14.3. The first kappa shape index (κ1) is 16.5. The summed E-state index contributed by atoms with van der Waals surface area (Å²) in [6.07, 6.45) is 2.93. The molecule has 2 rings (SSSR count). The third-order valence-corrected chi connectivity index (χ3v) is 3.78. The number of benzene rings is 1. The Labute approximate surface area is 145 Å². The molecule has 0 bridgehead atoms. The van der Waals surface area contributed by atoms with Crippen molar-refractivity contribution in [3.05, 3.63) is 50.3 Å². The van der Waals surface area contributed by atoms with Crippen LogP contribution < -0.4 is 10.2 Å². The Morgan fingerprint density at radius 3 is 3.00 bits per heavy atom. The van der Waals surface area contributed by atoms with Gasteiger partial charge in [-0.25, -0.2) is 10.4 Å². The molecular weight excluding hydrogens is 421 g/mol. The number of aromatic hydroxyl groups is 1. The monoisotopic (exact) mass is 431 g/mol. The van der Waals surface area contributed by atoms with Gasteiger partial charge >= 0.3 is 0 Å². The fraction of sp³-hybridized carbons (Fsp3) is 0.0714. The highest BCUT2D eigenvalue weighted by atomic mass is 127. The lowest BCUT2D eigenvalue weighted by Gasteiger charge is -2.06. The van der Waals surface area contributed by atoms with Gasteiger partial charge in [0.05, 0.1) is 22.5 Å². The van der Waals surface area contributed by atoms with Crippen molar-refractivity contribution in [3.8, 4) is 11.5 Å². The molecule has 1 amide bonds. The zero-order chi connectivity index (χ0) is 16.1. The first-order valence-electron chi connectivity index (χ1n) is 6.03. The van der Waals surface area contributed by atoms with Gasteiger partial charge in [-0.05, 0) is 52.4 Å². The largest absolute Gasteiger partial charge is 0.504 e. The number of phenolic OH excluding ortho intramolecular Hbond substituents is 1. The van der Waals surface area contributed by atoms with E-state index in [2.05, 4.69) is 15.5 Å². The molecule has 0 aliphatic carbocycles. The highest BCUT2D eigenvalue weighted by Crippen LogP contribution is 2.31. The number of amides is 1. The zero-order valence-electron chi connectivity index (χ0n) is 11.4. The van der Waals surface area contributed by atoms with Crippen LogP contribution in [-0.2, 0) is 0 Å². The standard InChI is InChI=1S/C14H11ClIN3O3/c1-22-11-6-8(5-10(16)12(11)20)7-18-19-14(21)9-3-2-4-17-13(9)15/h2-7,20H,1H3,(H,19,21).